The molecule has 11 heteroatoms. The van der Waals surface area contributed by atoms with Crippen LogP contribution in [0.15, 0.2) is 47.7 Å². The van der Waals surface area contributed by atoms with E-state index in [0.29, 0.717) is 25.2 Å². The van der Waals surface area contributed by atoms with Gasteiger partial charge in [-0.1, -0.05) is 30.1 Å². The summed E-state index contributed by atoms with van der Waals surface area (Å²) < 4.78 is 25.5. The molecule has 0 bridgehead atoms. The van der Waals surface area contributed by atoms with Gasteiger partial charge in [0.05, 0.1) is 25.3 Å². The van der Waals surface area contributed by atoms with Crippen LogP contribution in [0, 0.1) is 17.8 Å². The third-order valence-corrected chi connectivity index (χ3v) is 10.2. The molecule has 5 rings (SSSR count). The van der Waals surface area contributed by atoms with E-state index in [9.17, 15) is 15.0 Å². The molecule has 2 aliphatic carbocycles. The Morgan fingerprint density at radius 2 is 1.90 bits per heavy atom. The summed E-state index contributed by atoms with van der Waals surface area (Å²) in [6.45, 7) is 14.0. The molecule has 49 heavy (non-hydrogen) atoms. The molecule has 1 amide bonds. The van der Waals surface area contributed by atoms with Crippen molar-refractivity contribution in [3.05, 3.63) is 48.1 Å². The number of nitrogens with zero attached hydrogens (tertiary/aromatic N) is 3. The molecule has 1 saturated carbocycles. The Morgan fingerprint density at radius 3 is 2.55 bits per heavy atom. The number of allylic oxidation sites excluding steroid dienone is 1. The number of hydrogen-bond donors (Lipinski definition) is 2. The van der Waals surface area contributed by atoms with Crippen LogP contribution < -0.4 is 9.47 Å². The first-order valence-corrected chi connectivity index (χ1v) is 18.0. The highest BCUT2D eigenvalue weighted by Gasteiger charge is 2.65. The fourth-order valence-corrected chi connectivity index (χ4v) is 7.87. The summed E-state index contributed by atoms with van der Waals surface area (Å²) in [6.07, 6.45) is 8.77. The molecule has 6 unspecified atom stereocenters. The van der Waals surface area contributed by atoms with Crippen molar-refractivity contribution in [1.29, 1.82) is 0 Å². The van der Waals surface area contributed by atoms with E-state index in [2.05, 4.69) is 23.6 Å². The number of carbonyl (C=O) groups is 1. The van der Waals surface area contributed by atoms with Crippen LogP contribution >= 0.6 is 0 Å². The van der Waals surface area contributed by atoms with Gasteiger partial charge in [-0.3, -0.25) is 4.90 Å². The Labute approximate surface area is 291 Å². The van der Waals surface area contributed by atoms with Gasteiger partial charge in [0.1, 0.15) is 29.7 Å². The molecule has 1 saturated heterocycles. The minimum Gasteiger partial charge on any atom is -0.492 e. The lowest BCUT2D eigenvalue weighted by Gasteiger charge is -2.59. The molecule has 1 aromatic rings. The Bertz CT molecular complexity index is 1350. The van der Waals surface area contributed by atoms with Gasteiger partial charge in [-0.05, 0) is 82.1 Å². The highest BCUT2D eigenvalue weighted by molar-refractivity contribution is 6.02. The van der Waals surface area contributed by atoms with Crippen LogP contribution in [-0.4, -0.2) is 109 Å². The topological polar surface area (TPSA) is 122 Å². The molecular formula is C38H57N3O8. The van der Waals surface area contributed by atoms with Crippen molar-refractivity contribution in [3.8, 4) is 11.5 Å². The third kappa shape index (κ3) is 8.44. The Kier molecular flexibility index (Phi) is 12.3. The number of fused-ring (bicyclic) bond motifs is 2. The van der Waals surface area contributed by atoms with E-state index in [1.807, 2.05) is 32.9 Å². The zero-order valence-corrected chi connectivity index (χ0v) is 30.1. The van der Waals surface area contributed by atoms with Crippen molar-refractivity contribution >= 4 is 11.8 Å². The minimum atomic E-state index is -1.30. The van der Waals surface area contributed by atoms with E-state index in [-0.39, 0.29) is 43.5 Å². The van der Waals surface area contributed by atoms with Crippen LogP contribution in [0.3, 0.4) is 0 Å². The Hall–Kier alpha value is -3.12. The number of ether oxygens (including phenoxy) is 4. The van der Waals surface area contributed by atoms with Gasteiger partial charge in [-0.25, -0.2) is 4.79 Å². The third-order valence-electron chi connectivity index (χ3n) is 10.2. The SMILES string of the molecule is C=CCOC12Oc3ccc(OCCN4CC4)cc3C3C(CCCCO)C(CCCCO)C=C(C(=NOC(C)(C)C)CC1N(C)C(=O)OC)C32. The van der Waals surface area contributed by atoms with Crippen molar-refractivity contribution in [2.75, 3.05) is 60.2 Å². The van der Waals surface area contributed by atoms with Crippen LogP contribution in [0.25, 0.3) is 0 Å². The summed E-state index contributed by atoms with van der Waals surface area (Å²) in [7, 11) is 3.09. The molecule has 2 fully saturated rings. The van der Waals surface area contributed by atoms with E-state index in [4.69, 9.17) is 28.9 Å². The predicted octanol–water partition coefficient (Wildman–Crippen LogP) is 5.51. The smallest absolute Gasteiger partial charge is 0.409 e. The van der Waals surface area contributed by atoms with Gasteiger partial charge < -0.3 is 38.9 Å². The maximum Gasteiger partial charge on any atom is 0.409 e. The van der Waals surface area contributed by atoms with Crippen molar-refractivity contribution in [2.24, 2.45) is 22.9 Å². The van der Waals surface area contributed by atoms with Crippen molar-refractivity contribution in [2.45, 2.75) is 89.1 Å². The highest BCUT2D eigenvalue weighted by Crippen LogP contribution is 2.61. The first-order valence-electron chi connectivity index (χ1n) is 18.0. The van der Waals surface area contributed by atoms with E-state index in [1.165, 1.54) is 7.11 Å². The predicted molar refractivity (Wildman–Crippen MR) is 188 cm³/mol. The van der Waals surface area contributed by atoms with Crippen LogP contribution in [0.1, 0.15) is 77.2 Å². The van der Waals surface area contributed by atoms with Crippen LogP contribution in [0.4, 0.5) is 4.79 Å². The molecule has 2 heterocycles. The summed E-state index contributed by atoms with van der Waals surface area (Å²) in [5.74, 6) is 0.0222. The van der Waals surface area contributed by atoms with Gasteiger partial charge >= 0.3 is 6.09 Å². The second-order valence-electron chi connectivity index (χ2n) is 14.7. The average Bonchev–Trinajstić information content (AvgIpc) is 3.91. The largest absolute Gasteiger partial charge is 0.492 e. The van der Waals surface area contributed by atoms with E-state index < -0.39 is 23.5 Å². The van der Waals surface area contributed by atoms with Crippen LogP contribution in [0.5, 0.6) is 11.5 Å². The second-order valence-corrected chi connectivity index (χ2v) is 14.7. The molecule has 2 N–H and O–H groups in total. The monoisotopic (exact) mass is 683 g/mol. The molecule has 0 radical (unpaired) electrons. The first kappa shape index (κ1) is 37.1. The fourth-order valence-electron chi connectivity index (χ4n) is 7.87. The number of hydrogen-bond acceptors (Lipinski definition) is 10. The summed E-state index contributed by atoms with van der Waals surface area (Å²) >= 11 is 0. The number of likely N-dealkylation sites (N-methyl/N-ethyl adjacent to an activating group) is 1. The van der Waals surface area contributed by atoms with Gasteiger partial charge in [0, 0.05) is 57.8 Å². The number of oxime groups is 1. The maximum absolute atomic E-state index is 13.3. The van der Waals surface area contributed by atoms with Gasteiger partial charge in [0.15, 0.2) is 0 Å². The average molecular weight is 684 g/mol. The summed E-state index contributed by atoms with van der Waals surface area (Å²) in [4.78, 5) is 23.3. The van der Waals surface area contributed by atoms with Crippen molar-refractivity contribution < 1.29 is 38.8 Å². The number of amides is 1. The first-order chi connectivity index (χ1) is 23.6. The molecule has 272 valence electrons. The van der Waals surface area contributed by atoms with E-state index in [0.717, 1.165) is 74.3 Å². The molecule has 1 aromatic carbocycles. The van der Waals surface area contributed by atoms with E-state index >= 15 is 0 Å². The van der Waals surface area contributed by atoms with Crippen LogP contribution in [0.2, 0.25) is 0 Å². The maximum atomic E-state index is 13.3. The molecule has 0 aromatic heterocycles. The number of methoxy groups -OCH3 is 1. The zero-order valence-electron chi connectivity index (χ0n) is 30.1. The number of unbranched alkanes of at least 4 members (excludes halogenated alkanes) is 2. The summed E-state index contributed by atoms with van der Waals surface area (Å²) in [5, 5.41) is 24.3. The quantitative estimate of drug-likeness (QED) is 0.0948. The van der Waals surface area contributed by atoms with Crippen LogP contribution in [-0.2, 0) is 14.3 Å². The zero-order chi connectivity index (χ0) is 35.2. The molecule has 0 spiro atoms. The molecule has 4 aliphatic rings. The fraction of sp³-hybridized carbons (Fsp3) is 0.684. The van der Waals surface area contributed by atoms with E-state index in [1.54, 1.807) is 18.0 Å². The number of benzene rings is 1. The van der Waals surface area contributed by atoms with Gasteiger partial charge in [-0.15, -0.1) is 6.58 Å². The lowest BCUT2D eigenvalue weighted by atomic mass is 9.55. The minimum absolute atomic E-state index is 0.101. The van der Waals surface area contributed by atoms with Gasteiger partial charge in [0.25, 0.3) is 0 Å². The number of rotatable bonds is 17. The van der Waals surface area contributed by atoms with Crippen molar-refractivity contribution in [1.82, 2.24) is 9.80 Å². The lowest BCUT2D eigenvalue weighted by Crippen LogP contribution is -2.69. The Balaban J connectivity index is 1.72. The summed E-state index contributed by atoms with van der Waals surface area (Å²) in [6, 6.07) is 5.44. The standard InChI is InChI=1S/C38H57N3O8/c1-7-21-47-38-33(40(5)36(44)45-6)25-31(39-49-37(2,3)4)29-23-26(12-8-10-19-42)28(13-9-11-20-43)34(35(29)38)30-24-27(14-15-32(30)48-38)46-22-18-41-16-17-41/h7,14-15,23-24,26,28,33-35,42-43H,1,8-13,16-22,25H2,2-6H3. The van der Waals surface area contributed by atoms with Gasteiger partial charge in [0.2, 0.25) is 5.79 Å². The normalized spacial score (nSPS) is 28.1. The molecule has 2 aliphatic heterocycles. The highest BCUT2D eigenvalue weighted by atomic mass is 16.7. The van der Waals surface area contributed by atoms with Crippen molar-refractivity contribution in [3.63, 3.8) is 0 Å². The van der Waals surface area contributed by atoms with Gasteiger partial charge in [-0.2, -0.15) is 0 Å². The second kappa shape index (κ2) is 16.3. The number of aliphatic hydroxyl groups is 2. The number of aliphatic hydroxyl groups excluding tert-OH is 2. The molecule has 11 nitrogen and oxygen atoms in total. The molecular weight excluding hydrogens is 626 g/mol. The summed E-state index contributed by atoms with van der Waals surface area (Å²) in [5.41, 5.74) is 2.25. The lowest BCUT2D eigenvalue weighted by molar-refractivity contribution is -0.253. The Morgan fingerprint density at radius 1 is 1.16 bits per heavy atom. The molecule has 6 atom stereocenters. The number of carbonyl (C=O) groups excluding carboxylic acids is 1.